The van der Waals surface area contributed by atoms with Crippen LogP contribution in [-0.2, 0) is 4.79 Å². The zero-order valence-corrected chi connectivity index (χ0v) is 30.4. The highest BCUT2D eigenvalue weighted by Gasteiger charge is 2.44. The number of aliphatic hydroxyl groups excluding tert-OH is 4. The van der Waals surface area contributed by atoms with Gasteiger partial charge in [0.2, 0.25) is 0 Å². The normalized spacial score (nSPS) is 22.3. The van der Waals surface area contributed by atoms with Crippen LogP contribution < -0.4 is 10.6 Å². The molecule has 0 radical (unpaired) electrons. The van der Waals surface area contributed by atoms with Gasteiger partial charge < -0.3 is 41.3 Å². The molecule has 8 N–H and O–H groups in total. The number of nitrogens with one attached hydrogen (secondary N) is 2. The van der Waals surface area contributed by atoms with Crippen molar-refractivity contribution in [3.05, 3.63) is 146 Å². The summed E-state index contributed by atoms with van der Waals surface area (Å²) in [5, 5.41) is 73.2. The van der Waals surface area contributed by atoms with E-state index in [1.807, 2.05) is 88.4 Å². The maximum Gasteiger partial charge on any atom is 0.255 e. The SMILES string of the molecule is CC1=C(C2=C(O)c3cc(O)c(O)c(C(=O)NCC(C)c4ccccc4)c3C(C)C2C)C(O)C2C=C(O)C(O)=C(C(=O)NCC(C)c3ccccc3)C2=C1. The van der Waals surface area contributed by atoms with Crippen LogP contribution in [0.4, 0.5) is 0 Å². The Labute approximate surface area is 308 Å². The lowest BCUT2D eigenvalue weighted by atomic mass is 9.66. The van der Waals surface area contributed by atoms with E-state index >= 15 is 0 Å². The topological polar surface area (TPSA) is 180 Å². The molecule has 3 aliphatic carbocycles. The predicted octanol–water partition coefficient (Wildman–Crippen LogP) is 7.07. The van der Waals surface area contributed by atoms with Crippen molar-refractivity contribution in [1.29, 1.82) is 0 Å². The third-order valence-electron chi connectivity index (χ3n) is 11.0. The standard InChI is InChI=1S/C43H46N2O8/c1-21-16-28-29(17-31(46)40(50)36(28)42(52)44-19-22(2)26-12-8-6-9-13-26)38(48)33(21)35-25(5)24(4)34-30(39(35)49)18-32(47)41(51)37(34)43(53)45-20-23(3)27-14-10-7-11-15-27/h6-18,22-25,29,38,46-51H,19-20H2,1-5H3,(H,44,52)(H,45,53). The van der Waals surface area contributed by atoms with Crippen LogP contribution in [0.2, 0.25) is 0 Å². The molecule has 0 heterocycles. The predicted molar refractivity (Wildman–Crippen MR) is 203 cm³/mol. The molecule has 6 rings (SSSR count). The summed E-state index contributed by atoms with van der Waals surface area (Å²) in [6.45, 7) is 9.84. The molecule has 0 fully saturated rings. The molecule has 6 atom stereocenters. The third kappa shape index (κ3) is 6.70. The van der Waals surface area contributed by atoms with Crippen molar-refractivity contribution in [2.24, 2.45) is 11.8 Å². The van der Waals surface area contributed by atoms with E-state index in [0.29, 0.717) is 27.9 Å². The molecule has 0 aliphatic heterocycles. The molecule has 0 bridgehead atoms. The van der Waals surface area contributed by atoms with Gasteiger partial charge >= 0.3 is 0 Å². The van der Waals surface area contributed by atoms with Gasteiger partial charge in [-0.3, -0.25) is 9.59 Å². The third-order valence-corrected chi connectivity index (χ3v) is 11.0. The van der Waals surface area contributed by atoms with Gasteiger partial charge in [0, 0.05) is 30.1 Å². The summed E-state index contributed by atoms with van der Waals surface area (Å²) < 4.78 is 0. The quantitative estimate of drug-likeness (QED) is 0.108. The summed E-state index contributed by atoms with van der Waals surface area (Å²) in [6, 6.07) is 20.5. The van der Waals surface area contributed by atoms with Crippen LogP contribution in [-0.4, -0.2) is 61.6 Å². The van der Waals surface area contributed by atoms with Gasteiger partial charge in [0.25, 0.3) is 11.8 Å². The maximum atomic E-state index is 13.7. The van der Waals surface area contributed by atoms with Gasteiger partial charge in [-0.2, -0.15) is 0 Å². The molecule has 3 aliphatic rings. The number of carbonyl (C=O) groups excluding carboxylic acids is 2. The molecule has 10 nitrogen and oxygen atoms in total. The van der Waals surface area contributed by atoms with Gasteiger partial charge in [0.1, 0.15) is 5.76 Å². The van der Waals surface area contributed by atoms with Crippen LogP contribution in [0, 0.1) is 11.8 Å². The maximum absolute atomic E-state index is 13.7. The monoisotopic (exact) mass is 718 g/mol. The molecule has 53 heavy (non-hydrogen) atoms. The van der Waals surface area contributed by atoms with E-state index in [1.54, 1.807) is 13.0 Å². The number of aromatic hydroxyl groups is 2. The van der Waals surface area contributed by atoms with Crippen molar-refractivity contribution >= 4 is 17.6 Å². The largest absolute Gasteiger partial charge is 0.507 e. The highest BCUT2D eigenvalue weighted by molar-refractivity contribution is 6.02. The number of aliphatic hydroxyl groups is 4. The second-order valence-electron chi connectivity index (χ2n) is 14.4. The number of fused-ring (bicyclic) bond motifs is 2. The lowest BCUT2D eigenvalue weighted by molar-refractivity contribution is -0.117. The number of hydrogen-bond acceptors (Lipinski definition) is 8. The van der Waals surface area contributed by atoms with Crippen LogP contribution in [0.5, 0.6) is 11.5 Å². The zero-order valence-electron chi connectivity index (χ0n) is 30.4. The second kappa shape index (κ2) is 14.7. The molecule has 10 heteroatoms. The van der Waals surface area contributed by atoms with E-state index in [-0.39, 0.29) is 47.4 Å². The van der Waals surface area contributed by atoms with Crippen LogP contribution in [0.25, 0.3) is 5.76 Å². The summed E-state index contributed by atoms with van der Waals surface area (Å²) in [5.41, 5.74) is 3.75. The Bertz CT molecular complexity index is 2110. The van der Waals surface area contributed by atoms with Crippen molar-refractivity contribution in [3.63, 3.8) is 0 Å². The molecule has 0 spiro atoms. The molecule has 0 aromatic heterocycles. The zero-order chi connectivity index (χ0) is 38.3. The second-order valence-corrected chi connectivity index (χ2v) is 14.4. The van der Waals surface area contributed by atoms with Crippen LogP contribution in [0.1, 0.15) is 85.0 Å². The average Bonchev–Trinajstić information content (AvgIpc) is 3.15. The first-order chi connectivity index (χ1) is 25.2. The fraction of sp³-hybridized carbons (Fsp3) is 0.302. The molecule has 2 amide bonds. The first-order valence-electron chi connectivity index (χ1n) is 17.9. The fourth-order valence-electron chi connectivity index (χ4n) is 7.81. The number of benzene rings is 3. The summed E-state index contributed by atoms with van der Waals surface area (Å²) in [7, 11) is 0. The highest BCUT2D eigenvalue weighted by Crippen LogP contribution is 2.52. The van der Waals surface area contributed by atoms with E-state index in [1.165, 1.54) is 12.1 Å². The Hall–Kier alpha value is -5.74. The molecule has 3 aromatic rings. The van der Waals surface area contributed by atoms with Gasteiger partial charge in [-0.05, 0) is 76.1 Å². The molecule has 3 aromatic carbocycles. The minimum atomic E-state index is -1.36. The molecular weight excluding hydrogens is 672 g/mol. The highest BCUT2D eigenvalue weighted by atomic mass is 16.3. The van der Waals surface area contributed by atoms with Gasteiger partial charge in [0.15, 0.2) is 23.0 Å². The molecular formula is C43H46N2O8. The van der Waals surface area contributed by atoms with Crippen molar-refractivity contribution in [1.82, 2.24) is 10.6 Å². The number of allylic oxidation sites excluding steroid dienone is 2. The lowest BCUT2D eigenvalue weighted by Gasteiger charge is -2.39. The Morgan fingerprint density at radius 1 is 0.755 bits per heavy atom. The summed E-state index contributed by atoms with van der Waals surface area (Å²) in [6.07, 6.45) is 1.58. The minimum absolute atomic E-state index is 0.0380. The molecule has 0 saturated heterocycles. The van der Waals surface area contributed by atoms with Crippen molar-refractivity contribution in [2.75, 3.05) is 13.1 Å². The Morgan fingerprint density at radius 2 is 1.30 bits per heavy atom. The first kappa shape index (κ1) is 37.0. The van der Waals surface area contributed by atoms with Gasteiger partial charge in [-0.15, -0.1) is 0 Å². The van der Waals surface area contributed by atoms with Crippen LogP contribution >= 0.6 is 0 Å². The number of hydrogen-bond donors (Lipinski definition) is 8. The smallest absolute Gasteiger partial charge is 0.255 e. The summed E-state index contributed by atoms with van der Waals surface area (Å²) in [4.78, 5) is 27.3. The number of rotatable bonds is 9. The number of phenols is 2. The van der Waals surface area contributed by atoms with Crippen molar-refractivity contribution < 1.29 is 40.2 Å². The van der Waals surface area contributed by atoms with E-state index in [2.05, 4.69) is 10.6 Å². The van der Waals surface area contributed by atoms with Crippen molar-refractivity contribution in [3.8, 4) is 11.5 Å². The number of amides is 2. The Morgan fingerprint density at radius 3 is 1.87 bits per heavy atom. The number of carbonyl (C=O) groups is 2. The lowest BCUT2D eigenvalue weighted by Crippen LogP contribution is -2.38. The van der Waals surface area contributed by atoms with Gasteiger partial charge in [-0.1, -0.05) is 94.4 Å². The molecule has 0 saturated carbocycles. The van der Waals surface area contributed by atoms with E-state index in [9.17, 15) is 40.2 Å². The minimum Gasteiger partial charge on any atom is -0.507 e. The van der Waals surface area contributed by atoms with Crippen molar-refractivity contribution in [2.45, 2.75) is 58.5 Å². The Kier molecular flexibility index (Phi) is 10.3. The van der Waals surface area contributed by atoms with Crippen LogP contribution in [0.15, 0.2) is 118 Å². The summed E-state index contributed by atoms with van der Waals surface area (Å²) in [5.74, 6) is -5.88. The summed E-state index contributed by atoms with van der Waals surface area (Å²) >= 11 is 0. The van der Waals surface area contributed by atoms with E-state index < -0.39 is 58.7 Å². The molecule has 6 unspecified atom stereocenters. The van der Waals surface area contributed by atoms with Gasteiger partial charge in [-0.25, -0.2) is 0 Å². The Balaban J connectivity index is 1.36. The first-order valence-corrected chi connectivity index (χ1v) is 17.9. The molecule has 276 valence electrons. The van der Waals surface area contributed by atoms with Crippen LogP contribution in [0.3, 0.4) is 0 Å². The fourth-order valence-corrected chi connectivity index (χ4v) is 7.81. The van der Waals surface area contributed by atoms with E-state index in [4.69, 9.17) is 0 Å². The van der Waals surface area contributed by atoms with Gasteiger partial charge in [0.05, 0.1) is 17.2 Å². The van der Waals surface area contributed by atoms with E-state index in [0.717, 1.165) is 11.1 Å². The average molecular weight is 719 g/mol. The number of phenolic OH excluding ortho intramolecular Hbond substituents is 2.